The van der Waals surface area contributed by atoms with Crippen molar-refractivity contribution in [2.45, 2.75) is 32.1 Å². The summed E-state index contributed by atoms with van der Waals surface area (Å²) in [5.74, 6) is 0.748. The molecule has 0 aromatic rings. The first-order chi connectivity index (χ1) is 7.18. The molecule has 0 aromatic heterocycles. The van der Waals surface area contributed by atoms with Gasteiger partial charge in [0.15, 0.2) is 0 Å². The number of rotatable bonds is 5. The van der Waals surface area contributed by atoms with Gasteiger partial charge in [-0.1, -0.05) is 38.5 Å². The van der Waals surface area contributed by atoms with Crippen molar-refractivity contribution in [3.8, 4) is 0 Å². The van der Waals surface area contributed by atoms with E-state index < -0.39 is 0 Å². The molecule has 1 fully saturated rings. The Hall–Kier alpha value is -1.18. The number of hydrogen-bond donors (Lipinski definition) is 2. The molecule has 0 unspecified atom stereocenters. The van der Waals surface area contributed by atoms with Crippen LogP contribution in [0.3, 0.4) is 0 Å². The Bertz CT molecular complexity index is 247. The molecule has 0 amide bonds. The van der Waals surface area contributed by atoms with Crippen LogP contribution in [0.1, 0.15) is 32.1 Å². The van der Waals surface area contributed by atoms with Crippen LogP contribution in [-0.4, -0.2) is 6.54 Å². The lowest BCUT2D eigenvalue weighted by atomic mass is 9.89. The van der Waals surface area contributed by atoms with Crippen LogP contribution in [0.2, 0.25) is 0 Å². The van der Waals surface area contributed by atoms with Gasteiger partial charge >= 0.3 is 0 Å². The van der Waals surface area contributed by atoms with Crippen molar-refractivity contribution >= 4 is 0 Å². The Kier molecular flexibility index (Phi) is 5.02. The lowest BCUT2D eigenvalue weighted by Gasteiger charge is -2.17. The third-order valence-corrected chi connectivity index (χ3v) is 2.76. The largest absolute Gasteiger partial charge is 0.401 e. The summed E-state index contributed by atoms with van der Waals surface area (Å²) in [6, 6.07) is 0. The van der Waals surface area contributed by atoms with Crippen molar-refractivity contribution in [2.24, 2.45) is 11.7 Å². The molecule has 3 N–H and O–H groups in total. The first-order valence-electron chi connectivity index (χ1n) is 5.72. The van der Waals surface area contributed by atoms with Gasteiger partial charge in [-0.05, 0) is 24.8 Å². The zero-order valence-electron chi connectivity index (χ0n) is 9.47. The molecule has 1 aliphatic carbocycles. The minimum Gasteiger partial charge on any atom is -0.401 e. The Morgan fingerprint density at radius 3 is 2.53 bits per heavy atom. The fraction of sp³-hybridized carbons (Fsp3) is 0.538. The van der Waals surface area contributed by atoms with E-state index in [0.29, 0.717) is 12.2 Å². The van der Waals surface area contributed by atoms with E-state index in [1.54, 1.807) is 0 Å². The van der Waals surface area contributed by atoms with Crippen LogP contribution >= 0.6 is 0 Å². The van der Waals surface area contributed by atoms with E-state index in [-0.39, 0.29) is 0 Å². The summed E-state index contributed by atoms with van der Waals surface area (Å²) >= 11 is 0. The van der Waals surface area contributed by atoms with Gasteiger partial charge in [-0.15, -0.1) is 0 Å². The maximum atomic E-state index is 5.46. The molecule has 15 heavy (non-hydrogen) atoms. The first kappa shape index (κ1) is 11.9. The van der Waals surface area contributed by atoms with Gasteiger partial charge in [0.1, 0.15) is 0 Å². The molecule has 0 saturated heterocycles. The van der Waals surface area contributed by atoms with Gasteiger partial charge in [0.25, 0.3) is 0 Å². The minimum absolute atomic E-state index is 0.605. The molecule has 0 radical (unpaired) electrons. The van der Waals surface area contributed by atoms with Crippen LogP contribution in [0.25, 0.3) is 0 Å². The highest BCUT2D eigenvalue weighted by molar-refractivity contribution is 5.14. The van der Waals surface area contributed by atoms with Gasteiger partial charge in [-0.2, -0.15) is 0 Å². The lowest BCUT2D eigenvalue weighted by Crippen LogP contribution is -2.18. The highest BCUT2D eigenvalue weighted by atomic mass is 14.9. The predicted molar refractivity (Wildman–Crippen MR) is 66.2 cm³/mol. The number of allylic oxidation sites excluding steroid dienone is 2. The predicted octanol–water partition coefficient (Wildman–Crippen LogP) is 2.70. The van der Waals surface area contributed by atoms with Crippen LogP contribution in [0.4, 0.5) is 0 Å². The second-order valence-electron chi connectivity index (χ2n) is 4.29. The van der Waals surface area contributed by atoms with Gasteiger partial charge in [-0.3, -0.25) is 0 Å². The van der Waals surface area contributed by atoms with Crippen LogP contribution in [0.15, 0.2) is 36.7 Å². The second-order valence-corrected chi connectivity index (χ2v) is 4.29. The molecule has 1 rings (SSSR count). The van der Waals surface area contributed by atoms with Crippen LogP contribution < -0.4 is 11.1 Å². The zero-order valence-corrected chi connectivity index (χ0v) is 9.47. The highest BCUT2D eigenvalue weighted by Gasteiger charge is 2.09. The number of hydrogen-bond acceptors (Lipinski definition) is 2. The Morgan fingerprint density at radius 1 is 1.27 bits per heavy atom. The summed E-state index contributed by atoms with van der Waals surface area (Å²) in [5.41, 5.74) is 7.02. The van der Waals surface area contributed by atoms with E-state index in [9.17, 15) is 0 Å². The Balaban J connectivity index is 2.23. The Labute approximate surface area is 92.9 Å². The van der Waals surface area contributed by atoms with Crippen molar-refractivity contribution < 1.29 is 0 Å². The fourth-order valence-corrected chi connectivity index (χ4v) is 1.86. The molecule has 0 atom stereocenters. The lowest BCUT2D eigenvalue weighted by molar-refractivity contribution is 0.419. The maximum absolute atomic E-state index is 5.46. The summed E-state index contributed by atoms with van der Waals surface area (Å²) in [6.45, 7) is 8.15. The molecule has 2 heteroatoms. The maximum Gasteiger partial charge on any atom is 0.0539 e. The molecule has 2 nitrogen and oxygen atoms in total. The Morgan fingerprint density at radius 2 is 1.93 bits per heavy atom. The highest BCUT2D eigenvalue weighted by Crippen LogP contribution is 2.24. The van der Waals surface area contributed by atoms with Crippen LogP contribution in [0, 0.1) is 5.92 Å². The van der Waals surface area contributed by atoms with E-state index in [4.69, 9.17) is 5.73 Å². The second kappa shape index (κ2) is 6.33. The molecule has 0 aromatic carbocycles. The van der Waals surface area contributed by atoms with Crippen molar-refractivity contribution in [3.63, 3.8) is 0 Å². The zero-order chi connectivity index (χ0) is 11.1. The van der Waals surface area contributed by atoms with Gasteiger partial charge in [0.2, 0.25) is 0 Å². The number of nitrogens with two attached hydrogens (primary N) is 1. The van der Waals surface area contributed by atoms with Gasteiger partial charge in [0, 0.05) is 11.4 Å². The smallest absolute Gasteiger partial charge is 0.0539 e. The summed E-state index contributed by atoms with van der Waals surface area (Å²) in [4.78, 5) is 0. The molecule has 1 aliphatic rings. The monoisotopic (exact) mass is 206 g/mol. The molecule has 0 aliphatic heterocycles. The molecule has 0 bridgehead atoms. The SMILES string of the molecule is C=C(N)CNC(=C)/C=C/C1CCCCC1. The van der Waals surface area contributed by atoms with E-state index in [1.807, 2.05) is 0 Å². The van der Waals surface area contributed by atoms with Crippen LogP contribution in [-0.2, 0) is 0 Å². The molecular formula is C13H22N2. The third kappa shape index (κ3) is 5.31. The standard InChI is InChI=1S/C13H22N2/c1-11(14)10-15-12(2)8-9-13-6-4-3-5-7-13/h8-9,13,15H,1-7,10,14H2/b9-8+. The quantitative estimate of drug-likeness (QED) is 0.679. The van der Waals surface area contributed by atoms with Crippen LogP contribution in [0.5, 0.6) is 0 Å². The number of nitrogens with one attached hydrogen (secondary N) is 1. The van der Waals surface area contributed by atoms with Gasteiger partial charge in [-0.25, -0.2) is 0 Å². The third-order valence-electron chi connectivity index (χ3n) is 2.76. The molecular weight excluding hydrogens is 184 g/mol. The van der Waals surface area contributed by atoms with E-state index in [2.05, 4.69) is 30.6 Å². The van der Waals surface area contributed by atoms with Crippen molar-refractivity contribution in [1.29, 1.82) is 0 Å². The summed E-state index contributed by atoms with van der Waals surface area (Å²) < 4.78 is 0. The molecule has 0 spiro atoms. The molecule has 84 valence electrons. The first-order valence-corrected chi connectivity index (χ1v) is 5.72. The average molecular weight is 206 g/mol. The van der Waals surface area contributed by atoms with Gasteiger partial charge < -0.3 is 11.1 Å². The summed E-state index contributed by atoms with van der Waals surface area (Å²) in [5, 5.41) is 3.12. The van der Waals surface area contributed by atoms with E-state index in [0.717, 1.165) is 11.6 Å². The van der Waals surface area contributed by atoms with Crippen molar-refractivity contribution in [3.05, 3.63) is 36.7 Å². The van der Waals surface area contributed by atoms with Gasteiger partial charge in [0.05, 0.1) is 6.54 Å². The average Bonchev–Trinajstić information content (AvgIpc) is 2.25. The minimum atomic E-state index is 0.605. The summed E-state index contributed by atoms with van der Waals surface area (Å²) in [7, 11) is 0. The normalized spacial score (nSPS) is 17.9. The van der Waals surface area contributed by atoms with Crippen molar-refractivity contribution in [1.82, 2.24) is 5.32 Å². The summed E-state index contributed by atoms with van der Waals surface area (Å²) in [6.07, 6.45) is 11.1. The van der Waals surface area contributed by atoms with Crippen molar-refractivity contribution in [2.75, 3.05) is 6.54 Å². The fourth-order valence-electron chi connectivity index (χ4n) is 1.86. The van der Waals surface area contributed by atoms with E-state index >= 15 is 0 Å². The molecule has 1 saturated carbocycles. The van der Waals surface area contributed by atoms with E-state index in [1.165, 1.54) is 32.1 Å². The topological polar surface area (TPSA) is 38.0 Å². The molecule has 0 heterocycles.